The van der Waals surface area contributed by atoms with E-state index < -0.39 is 0 Å². The average Bonchev–Trinajstić information content (AvgIpc) is 2.82. The summed E-state index contributed by atoms with van der Waals surface area (Å²) in [6, 6.07) is 3.53. The fraction of sp³-hybridized carbons (Fsp3) is 0.182. The van der Waals surface area contributed by atoms with Gasteiger partial charge in [0.2, 0.25) is 11.7 Å². The molecule has 0 saturated carbocycles. The molecule has 2 aromatic rings. The Morgan fingerprint density at radius 1 is 1.44 bits per heavy atom. The van der Waals surface area contributed by atoms with Crippen molar-refractivity contribution in [3.63, 3.8) is 0 Å². The molecule has 2 rings (SSSR count). The molecule has 0 fully saturated rings. The first kappa shape index (κ1) is 10.2. The van der Waals surface area contributed by atoms with Crippen molar-refractivity contribution in [1.82, 2.24) is 19.7 Å². The third-order valence-corrected chi connectivity index (χ3v) is 1.84. The zero-order valence-corrected chi connectivity index (χ0v) is 8.79. The van der Waals surface area contributed by atoms with E-state index in [4.69, 9.17) is 4.74 Å². The van der Waals surface area contributed by atoms with Crippen molar-refractivity contribution >= 4 is 0 Å². The van der Waals surface area contributed by atoms with Crippen LogP contribution in [0.1, 0.15) is 5.82 Å². The van der Waals surface area contributed by atoms with Crippen molar-refractivity contribution in [3.05, 3.63) is 36.5 Å². The second-order valence-corrected chi connectivity index (χ2v) is 2.93. The lowest BCUT2D eigenvalue weighted by Crippen LogP contribution is -1.96. The van der Waals surface area contributed by atoms with Crippen LogP contribution < -0.4 is 4.74 Å². The molecule has 5 nitrogen and oxygen atoms in total. The predicted octanol–water partition coefficient (Wildman–Crippen LogP) is 0.733. The quantitative estimate of drug-likeness (QED) is 0.692. The van der Waals surface area contributed by atoms with Crippen molar-refractivity contribution in [2.75, 3.05) is 7.11 Å². The maximum atomic E-state index is 4.97. The molecule has 0 aliphatic heterocycles. The van der Waals surface area contributed by atoms with Crippen molar-refractivity contribution < 1.29 is 4.74 Å². The summed E-state index contributed by atoms with van der Waals surface area (Å²) in [7, 11) is 1.56. The first-order chi connectivity index (χ1) is 7.88. The summed E-state index contributed by atoms with van der Waals surface area (Å²) in [5.41, 5.74) is 0. The van der Waals surface area contributed by atoms with Crippen molar-refractivity contribution in [2.24, 2.45) is 0 Å². The maximum absolute atomic E-state index is 4.97. The van der Waals surface area contributed by atoms with E-state index in [1.807, 2.05) is 12.3 Å². The zero-order chi connectivity index (χ0) is 11.2. The van der Waals surface area contributed by atoms with E-state index in [-0.39, 0.29) is 0 Å². The van der Waals surface area contributed by atoms with Gasteiger partial charge in [-0.15, -0.1) is 0 Å². The van der Waals surface area contributed by atoms with Gasteiger partial charge >= 0.3 is 0 Å². The van der Waals surface area contributed by atoms with Crippen molar-refractivity contribution in [2.45, 2.75) is 6.54 Å². The van der Waals surface area contributed by atoms with E-state index in [9.17, 15) is 0 Å². The molecule has 0 spiro atoms. The Kier molecular flexibility index (Phi) is 3.14. The Morgan fingerprint density at radius 2 is 2.38 bits per heavy atom. The molecular formula is C11H10N4O. The summed E-state index contributed by atoms with van der Waals surface area (Å²) in [5.74, 6) is 6.73. The smallest absolute Gasteiger partial charge is 0.217 e. The molecule has 0 saturated heterocycles. The molecule has 5 heteroatoms. The summed E-state index contributed by atoms with van der Waals surface area (Å²) in [5, 5.41) is 4.03. The molecule has 0 aliphatic rings. The molecule has 2 heterocycles. The number of rotatable bonds is 2. The normalized spacial score (nSPS) is 9.31. The van der Waals surface area contributed by atoms with Crippen LogP contribution in [-0.4, -0.2) is 26.9 Å². The first-order valence-corrected chi connectivity index (χ1v) is 4.72. The lowest BCUT2D eigenvalue weighted by Gasteiger charge is -1.96. The molecule has 0 unspecified atom stereocenters. The third kappa shape index (κ3) is 2.58. The molecule has 0 bridgehead atoms. The Bertz CT molecular complexity index is 510. The topological polar surface area (TPSA) is 52.8 Å². The lowest BCUT2D eigenvalue weighted by atomic mass is 10.5. The van der Waals surface area contributed by atoms with Crippen LogP contribution in [0.4, 0.5) is 0 Å². The third-order valence-electron chi connectivity index (χ3n) is 1.84. The molecular weight excluding hydrogens is 204 g/mol. The molecule has 0 aromatic carbocycles. The highest BCUT2D eigenvalue weighted by Gasteiger charge is 1.94. The van der Waals surface area contributed by atoms with E-state index in [1.54, 1.807) is 30.3 Å². The molecule has 80 valence electrons. The monoisotopic (exact) mass is 214 g/mol. The fourth-order valence-corrected chi connectivity index (χ4v) is 1.11. The van der Waals surface area contributed by atoms with Crippen LogP contribution in [0, 0.1) is 11.8 Å². The highest BCUT2D eigenvalue weighted by Crippen LogP contribution is 2.02. The number of ether oxygens (including phenoxy) is 1. The van der Waals surface area contributed by atoms with Crippen LogP contribution in [0.2, 0.25) is 0 Å². The van der Waals surface area contributed by atoms with Gasteiger partial charge in [-0.1, -0.05) is 5.92 Å². The maximum Gasteiger partial charge on any atom is 0.217 e. The van der Waals surface area contributed by atoms with Gasteiger partial charge in [0.25, 0.3) is 0 Å². The summed E-state index contributed by atoms with van der Waals surface area (Å²) < 4.78 is 6.70. The molecule has 0 amide bonds. The largest absolute Gasteiger partial charge is 0.481 e. The molecule has 0 N–H and O–H groups in total. The van der Waals surface area contributed by atoms with Crippen LogP contribution in [0.25, 0.3) is 0 Å². The predicted molar refractivity (Wildman–Crippen MR) is 57.7 cm³/mol. The SMILES string of the molecule is COc1ccnc(C#CCn2cccn2)n1. The number of nitrogens with zero attached hydrogens (tertiary/aromatic N) is 4. The molecule has 2 aromatic heterocycles. The Morgan fingerprint density at radius 3 is 3.12 bits per heavy atom. The molecule has 16 heavy (non-hydrogen) atoms. The van der Waals surface area contributed by atoms with Crippen LogP contribution in [-0.2, 0) is 6.54 Å². The minimum Gasteiger partial charge on any atom is -0.481 e. The highest BCUT2D eigenvalue weighted by atomic mass is 16.5. The number of hydrogen-bond acceptors (Lipinski definition) is 4. The van der Waals surface area contributed by atoms with E-state index in [0.717, 1.165) is 0 Å². The Hall–Kier alpha value is -2.35. The van der Waals surface area contributed by atoms with Gasteiger partial charge in [0.15, 0.2) is 0 Å². The van der Waals surface area contributed by atoms with Gasteiger partial charge in [-0.25, -0.2) is 4.98 Å². The summed E-state index contributed by atoms with van der Waals surface area (Å²) in [4.78, 5) is 8.09. The van der Waals surface area contributed by atoms with Gasteiger partial charge in [0.05, 0.1) is 7.11 Å². The highest BCUT2D eigenvalue weighted by molar-refractivity contribution is 5.23. The van der Waals surface area contributed by atoms with Crippen molar-refractivity contribution in [1.29, 1.82) is 0 Å². The van der Waals surface area contributed by atoms with Gasteiger partial charge in [-0.2, -0.15) is 10.1 Å². The van der Waals surface area contributed by atoms with E-state index in [1.165, 1.54) is 0 Å². The Balaban J connectivity index is 2.06. The zero-order valence-electron chi connectivity index (χ0n) is 8.79. The van der Waals surface area contributed by atoms with E-state index in [0.29, 0.717) is 18.2 Å². The number of hydrogen-bond donors (Lipinski definition) is 0. The Labute approximate surface area is 93.1 Å². The van der Waals surface area contributed by atoms with E-state index >= 15 is 0 Å². The van der Waals surface area contributed by atoms with Gasteiger partial charge in [0, 0.05) is 24.7 Å². The second kappa shape index (κ2) is 4.94. The second-order valence-electron chi connectivity index (χ2n) is 2.93. The number of methoxy groups -OCH3 is 1. The van der Waals surface area contributed by atoms with Gasteiger partial charge in [0.1, 0.15) is 6.54 Å². The van der Waals surface area contributed by atoms with Crippen LogP contribution in [0.15, 0.2) is 30.7 Å². The summed E-state index contributed by atoms with van der Waals surface area (Å²) in [6.07, 6.45) is 5.18. The molecule has 0 aliphatic carbocycles. The molecule has 0 radical (unpaired) electrons. The van der Waals surface area contributed by atoms with Gasteiger partial charge in [-0.05, 0) is 12.0 Å². The van der Waals surface area contributed by atoms with Crippen LogP contribution in [0.5, 0.6) is 5.88 Å². The number of aromatic nitrogens is 4. The van der Waals surface area contributed by atoms with Crippen molar-refractivity contribution in [3.8, 4) is 17.7 Å². The first-order valence-electron chi connectivity index (χ1n) is 4.72. The van der Waals surface area contributed by atoms with Crippen LogP contribution >= 0.6 is 0 Å². The van der Waals surface area contributed by atoms with Gasteiger partial charge in [-0.3, -0.25) is 4.68 Å². The summed E-state index contributed by atoms with van der Waals surface area (Å²) in [6.45, 7) is 0.521. The minimum absolute atomic E-state index is 0.450. The standard InChI is InChI=1S/C11H10N4O/c1-16-11-5-7-12-10(14-11)4-2-8-15-9-3-6-13-15/h3,5-7,9H,8H2,1H3. The van der Waals surface area contributed by atoms with Gasteiger partial charge < -0.3 is 4.74 Å². The van der Waals surface area contributed by atoms with Crippen LogP contribution in [0.3, 0.4) is 0 Å². The average molecular weight is 214 g/mol. The minimum atomic E-state index is 0.450. The lowest BCUT2D eigenvalue weighted by molar-refractivity contribution is 0.396. The summed E-state index contributed by atoms with van der Waals surface area (Å²) >= 11 is 0. The molecule has 0 atom stereocenters. The fourth-order valence-electron chi connectivity index (χ4n) is 1.11. The van der Waals surface area contributed by atoms with E-state index in [2.05, 4.69) is 26.9 Å².